The van der Waals surface area contributed by atoms with Crippen LogP contribution in [0.1, 0.15) is 56.6 Å². The second-order valence-electron chi connectivity index (χ2n) is 4.97. The van der Waals surface area contributed by atoms with Gasteiger partial charge in [0.1, 0.15) is 0 Å². The molecular weight excluding hydrogens is 196 g/mol. The molecule has 1 saturated carbocycles. The summed E-state index contributed by atoms with van der Waals surface area (Å²) in [6, 6.07) is 4.23. The predicted molar refractivity (Wildman–Crippen MR) is 67.0 cm³/mol. The van der Waals surface area contributed by atoms with Crippen LogP contribution in [0, 0.1) is 5.92 Å². The molecule has 1 heterocycles. The van der Waals surface area contributed by atoms with Gasteiger partial charge in [0, 0.05) is 18.4 Å². The lowest BCUT2D eigenvalue weighted by molar-refractivity contribution is 0.324. The number of hydrogen-bond acceptors (Lipinski definition) is 2. The van der Waals surface area contributed by atoms with Gasteiger partial charge in [-0.1, -0.05) is 38.2 Å². The van der Waals surface area contributed by atoms with Gasteiger partial charge in [-0.15, -0.1) is 0 Å². The Bertz CT molecular complexity index is 291. The van der Waals surface area contributed by atoms with Crippen LogP contribution in [0.25, 0.3) is 0 Å². The van der Waals surface area contributed by atoms with Crippen LogP contribution in [0.15, 0.2) is 24.5 Å². The largest absolute Gasteiger partial charge is 0.324 e. The Morgan fingerprint density at radius 1 is 1.31 bits per heavy atom. The summed E-state index contributed by atoms with van der Waals surface area (Å²) >= 11 is 0. The van der Waals surface area contributed by atoms with Gasteiger partial charge in [0.25, 0.3) is 0 Å². The van der Waals surface area contributed by atoms with Crippen molar-refractivity contribution in [2.75, 3.05) is 0 Å². The van der Waals surface area contributed by atoms with E-state index in [4.69, 9.17) is 5.73 Å². The quantitative estimate of drug-likeness (QED) is 0.840. The van der Waals surface area contributed by atoms with Gasteiger partial charge >= 0.3 is 0 Å². The molecule has 1 aliphatic carbocycles. The molecule has 0 amide bonds. The normalized spacial score (nSPS) is 19.6. The molecule has 88 valence electrons. The topological polar surface area (TPSA) is 38.9 Å². The highest BCUT2D eigenvalue weighted by atomic mass is 14.7. The van der Waals surface area contributed by atoms with E-state index in [-0.39, 0.29) is 6.04 Å². The summed E-state index contributed by atoms with van der Waals surface area (Å²) in [6.45, 7) is 0. The Morgan fingerprint density at radius 2 is 2.12 bits per heavy atom. The number of aromatic nitrogens is 1. The van der Waals surface area contributed by atoms with Gasteiger partial charge in [0.15, 0.2) is 0 Å². The molecule has 0 aromatic carbocycles. The van der Waals surface area contributed by atoms with Crippen molar-refractivity contribution in [3.8, 4) is 0 Å². The van der Waals surface area contributed by atoms with Crippen LogP contribution < -0.4 is 5.73 Å². The summed E-state index contributed by atoms with van der Waals surface area (Å²) in [4.78, 5) is 4.12. The third-order valence-electron chi connectivity index (χ3n) is 3.72. The maximum absolute atomic E-state index is 6.17. The maximum atomic E-state index is 6.17. The van der Waals surface area contributed by atoms with Crippen molar-refractivity contribution >= 4 is 0 Å². The first-order chi connectivity index (χ1) is 7.86. The summed E-state index contributed by atoms with van der Waals surface area (Å²) in [6.07, 6.45) is 13.2. The molecule has 2 heteroatoms. The molecule has 1 atom stereocenters. The second kappa shape index (κ2) is 6.00. The smallest absolute Gasteiger partial charge is 0.0315 e. The summed E-state index contributed by atoms with van der Waals surface area (Å²) in [5, 5.41) is 0. The molecule has 1 aromatic heterocycles. The molecule has 2 rings (SSSR count). The monoisotopic (exact) mass is 218 g/mol. The molecule has 16 heavy (non-hydrogen) atoms. The highest BCUT2D eigenvalue weighted by molar-refractivity contribution is 5.12. The van der Waals surface area contributed by atoms with Crippen molar-refractivity contribution in [3.63, 3.8) is 0 Å². The average molecular weight is 218 g/mol. The van der Waals surface area contributed by atoms with Crippen LogP contribution in [0.5, 0.6) is 0 Å². The Kier molecular flexibility index (Phi) is 4.34. The van der Waals surface area contributed by atoms with E-state index in [0.717, 1.165) is 12.3 Å². The second-order valence-corrected chi connectivity index (χ2v) is 4.97. The van der Waals surface area contributed by atoms with Crippen LogP contribution in [0.2, 0.25) is 0 Å². The number of nitrogens with zero attached hydrogens (tertiary/aromatic N) is 1. The van der Waals surface area contributed by atoms with Crippen molar-refractivity contribution in [1.29, 1.82) is 0 Å². The van der Waals surface area contributed by atoms with Crippen molar-refractivity contribution in [2.45, 2.75) is 51.0 Å². The van der Waals surface area contributed by atoms with Crippen LogP contribution >= 0.6 is 0 Å². The summed E-state index contributed by atoms with van der Waals surface area (Å²) in [5.41, 5.74) is 7.35. The highest BCUT2D eigenvalue weighted by Gasteiger charge is 2.15. The lowest BCUT2D eigenvalue weighted by Crippen LogP contribution is -2.14. The zero-order chi connectivity index (χ0) is 11.2. The lowest BCUT2D eigenvalue weighted by Gasteiger charge is -2.22. The number of nitrogens with two attached hydrogens (primary N) is 1. The number of pyridine rings is 1. The fraction of sp³-hybridized carbons (Fsp3) is 0.643. The Hall–Kier alpha value is -0.890. The van der Waals surface area contributed by atoms with E-state index >= 15 is 0 Å². The fourth-order valence-electron chi connectivity index (χ4n) is 2.65. The summed E-state index contributed by atoms with van der Waals surface area (Å²) in [5.74, 6) is 0.927. The minimum Gasteiger partial charge on any atom is -0.324 e. The van der Waals surface area contributed by atoms with E-state index in [1.54, 1.807) is 6.20 Å². The average Bonchev–Trinajstić information content (AvgIpc) is 2.38. The molecule has 1 aliphatic rings. The van der Waals surface area contributed by atoms with Gasteiger partial charge in [-0.2, -0.15) is 0 Å². The third-order valence-corrected chi connectivity index (χ3v) is 3.72. The van der Waals surface area contributed by atoms with Crippen LogP contribution in [-0.2, 0) is 0 Å². The molecular formula is C14H22N2. The van der Waals surface area contributed by atoms with Crippen molar-refractivity contribution in [1.82, 2.24) is 4.98 Å². The van der Waals surface area contributed by atoms with E-state index in [1.165, 1.54) is 44.1 Å². The molecule has 0 spiro atoms. The molecule has 0 bridgehead atoms. The summed E-state index contributed by atoms with van der Waals surface area (Å²) < 4.78 is 0. The predicted octanol–water partition coefficient (Wildman–Crippen LogP) is 3.44. The van der Waals surface area contributed by atoms with Crippen molar-refractivity contribution in [3.05, 3.63) is 30.1 Å². The van der Waals surface area contributed by atoms with Crippen LogP contribution in [-0.4, -0.2) is 4.98 Å². The molecule has 2 N–H and O–H groups in total. The minimum atomic E-state index is 0.177. The maximum Gasteiger partial charge on any atom is 0.0315 e. The Labute approximate surface area is 98.3 Å². The molecule has 0 radical (unpaired) electrons. The van der Waals surface area contributed by atoms with E-state index in [0.29, 0.717) is 0 Å². The third kappa shape index (κ3) is 3.31. The molecule has 1 unspecified atom stereocenters. The first-order valence-electron chi connectivity index (χ1n) is 6.52. The first-order valence-corrected chi connectivity index (χ1v) is 6.52. The lowest BCUT2D eigenvalue weighted by atomic mass is 9.85. The van der Waals surface area contributed by atoms with Gasteiger partial charge in [-0.3, -0.25) is 4.98 Å². The number of hydrogen-bond donors (Lipinski definition) is 1. The zero-order valence-corrected chi connectivity index (χ0v) is 9.94. The van der Waals surface area contributed by atoms with Gasteiger partial charge in [0.2, 0.25) is 0 Å². The molecule has 2 nitrogen and oxygen atoms in total. The zero-order valence-electron chi connectivity index (χ0n) is 9.94. The Balaban J connectivity index is 1.77. The van der Waals surface area contributed by atoms with E-state index in [2.05, 4.69) is 11.1 Å². The van der Waals surface area contributed by atoms with Crippen LogP contribution in [0.4, 0.5) is 0 Å². The van der Waals surface area contributed by atoms with Gasteiger partial charge in [-0.25, -0.2) is 0 Å². The van der Waals surface area contributed by atoms with Crippen molar-refractivity contribution in [2.24, 2.45) is 11.7 Å². The van der Waals surface area contributed by atoms with E-state index < -0.39 is 0 Å². The van der Waals surface area contributed by atoms with Gasteiger partial charge in [0.05, 0.1) is 0 Å². The molecule has 0 saturated heterocycles. The van der Waals surface area contributed by atoms with E-state index in [9.17, 15) is 0 Å². The van der Waals surface area contributed by atoms with Gasteiger partial charge in [-0.05, 0) is 30.4 Å². The SMILES string of the molecule is NC(CCC1CCCCC1)c1cccnc1. The minimum absolute atomic E-state index is 0.177. The summed E-state index contributed by atoms with van der Waals surface area (Å²) in [7, 11) is 0. The van der Waals surface area contributed by atoms with Crippen LogP contribution in [0.3, 0.4) is 0 Å². The van der Waals surface area contributed by atoms with E-state index in [1.807, 2.05) is 12.3 Å². The number of rotatable bonds is 4. The molecule has 1 fully saturated rings. The van der Waals surface area contributed by atoms with Gasteiger partial charge < -0.3 is 5.73 Å². The highest BCUT2D eigenvalue weighted by Crippen LogP contribution is 2.29. The Morgan fingerprint density at radius 3 is 2.81 bits per heavy atom. The molecule has 0 aliphatic heterocycles. The fourth-order valence-corrected chi connectivity index (χ4v) is 2.65. The first kappa shape index (κ1) is 11.6. The molecule has 1 aromatic rings. The standard InChI is InChI=1S/C14H22N2/c15-14(13-7-4-10-16-11-13)9-8-12-5-2-1-3-6-12/h4,7,10-12,14H,1-3,5-6,8-9,15H2. The van der Waals surface area contributed by atoms with Crippen molar-refractivity contribution < 1.29 is 0 Å².